The molecule has 0 aromatic carbocycles. The van der Waals surface area contributed by atoms with Crippen LogP contribution in [-0.4, -0.2) is 20.9 Å². The first-order valence-corrected chi connectivity index (χ1v) is 5.63. The molecule has 16 heavy (non-hydrogen) atoms. The van der Waals surface area contributed by atoms with Crippen LogP contribution in [-0.2, 0) is 6.42 Å². The number of carbonyl (C=O) groups excluding carboxylic acids is 1. The van der Waals surface area contributed by atoms with Crippen molar-refractivity contribution in [2.75, 3.05) is 5.32 Å². The minimum atomic E-state index is -0.197. The molecule has 0 atom stereocenters. The molecule has 0 saturated carbocycles. The van der Waals surface area contributed by atoms with Crippen molar-refractivity contribution in [3.63, 3.8) is 0 Å². The van der Waals surface area contributed by atoms with Crippen molar-refractivity contribution in [3.05, 3.63) is 34.7 Å². The molecule has 0 radical (unpaired) electrons. The third kappa shape index (κ3) is 2.40. The lowest BCUT2D eigenvalue weighted by Gasteiger charge is -1.99. The Hall–Kier alpha value is -1.82. The number of hydrogen-bond acceptors (Lipinski definition) is 5. The number of carbonyl (C=O) groups is 1. The Morgan fingerprint density at radius 3 is 2.88 bits per heavy atom. The highest BCUT2D eigenvalue weighted by molar-refractivity contribution is 7.13. The summed E-state index contributed by atoms with van der Waals surface area (Å²) >= 11 is 1.39. The zero-order chi connectivity index (χ0) is 11.4. The van der Waals surface area contributed by atoms with E-state index in [9.17, 15) is 4.79 Å². The Labute approximate surface area is 96.6 Å². The van der Waals surface area contributed by atoms with Gasteiger partial charge in [-0.25, -0.2) is 9.97 Å². The second kappa shape index (κ2) is 4.80. The molecular formula is C10H10N4OS. The number of thiazole rings is 1. The molecule has 82 valence electrons. The molecule has 2 aromatic heterocycles. The topological polar surface area (TPSA) is 67.8 Å². The second-order valence-corrected chi connectivity index (χ2v) is 4.13. The van der Waals surface area contributed by atoms with Crippen LogP contribution < -0.4 is 5.32 Å². The van der Waals surface area contributed by atoms with E-state index in [2.05, 4.69) is 20.3 Å². The third-order valence-electron chi connectivity index (χ3n) is 1.88. The van der Waals surface area contributed by atoms with Crippen LogP contribution in [0.15, 0.2) is 24.8 Å². The molecule has 0 spiro atoms. The number of anilines is 1. The van der Waals surface area contributed by atoms with E-state index in [-0.39, 0.29) is 5.91 Å². The molecule has 2 rings (SSSR count). The van der Waals surface area contributed by atoms with Gasteiger partial charge in [-0.05, 0) is 6.42 Å². The number of hydrogen-bond donors (Lipinski definition) is 1. The average Bonchev–Trinajstić information content (AvgIpc) is 2.79. The molecular weight excluding hydrogens is 224 g/mol. The van der Waals surface area contributed by atoms with Gasteiger partial charge in [0.25, 0.3) is 5.91 Å². The lowest BCUT2D eigenvalue weighted by Crippen LogP contribution is -2.11. The van der Waals surface area contributed by atoms with Crippen molar-refractivity contribution >= 4 is 23.1 Å². The lowest BCUT2D eigenvalue weighted by atomic mass is 10.5. The Balaban J connectivity index is 2.09. The quantitative estimate of drug-likeness (QED) is 0.878. The Morgan fingerprint density at radius 2 is 2.25 bits per heavy atom. The van der Waals surface area contributed by atoms with Gasteiger partial charge in [0, 0.05) is 12.4 Å². The van der Waals surface area contributed by atoms with Crippen molar-refractivity contribution in [3.8, 4) is 0 Å². The number of nitrogens with zero attached hydrogens (tertiary/aromatic N) is 3. The van der Waals surface area contributed by atoms with Gasteiger partial charge >= 0.3 is 0 Å². The van der Waals surface area contributed by atoms with Gasteiger partial charge in [0.05, 0.1) is 17.4 Å². The van der Waals surface area contributed by atoms with E-state index in [1.165, 1.54) is 23.7 Å². The van der Waals surface area contributed by atoms with Crippen molar-refractivity contribution < 1.29 is 4.79 Å². The lowest BCUT2D eigenvalue weighted by molar-refractivity contribution is 0.103. The fourth-order valence-electron chi connectivity index (χ4n) is 1.12. The summed E-state index contributed by atoms with van der Waals surface area (Å²) in [7, 11) is 0. The predicted molar refractivity (Wildman–Crippen MR) is 61.5 cm³/mol. The molecule has 5 nitrogen and oxygen atoms in total. The van der Waals surface area contributed by atoms with E-state index in [0.29, 0.717) is 10.7 Å². The van der Waals surface area contributed by atoms with Crippen LogP contribution in [0.25, 0.3) is 0 Å². The summed E-state index contributed by atoms with van der Waals surface area (Å²) < 4.78 is 0. The fraction of sp³-hybridized carbons (Fsp3) is 0.200. The number of amides is 1. The monoisotopic (exact) mass is 234 g/mol. The molecule has 0 aliphatic carbocycles. The molecule has 0 fully saturated rings. The summed E-state index contributed by atoms with van der Waals surface area (Å²) in [6.07, 6.45) is 7.00. The number of nitrogens with one attached hydrogen (secondary N) is 1. The SMILES string of the molecule is CCc1ncc(C(=O)Nc2cnccn2)s1. The molecule has 1 N–H and O–H groups in total. The summed E-state index contributed by atoms with van der Waals surface area (Å²) in [6, 6.07) is 0. The van der Waals surface area contributed by atoms with Crippen LogP contribution in [0.5, 0.6) is 0 Å². The molecule has 2 aromatic rings. The summed E-state index contributed by atoms with van der Waals surface area (Å²) in [4.78, 5) is 24.3. The van der Waals surface area contributed by atoms with Crippen LogP contribution in [0.4, 0.5) is 5.82 Å². The summed E-state index contributed by atoms with van der Waals surface area (Å²) in [5, 5.41) is 3.60. The zero-order valence-corrected chi connectivity index (χ0v) is 9.49. The van der Waals surface area contributed by atoms with Gasteiger partial charge in [0.2, 0.25) is 0 Å². The van der Waals surface area contributed by atoms with Gasteiger partial charge in [-0.1, -0.05) is 6.92 Å². The van der Waals surface area contributed by atoms with E-state index in [1.807, 2.05) is 6.92 Å². The van der Waals surface area contributed by atoms with E-state index in [4.69, 9.17) is 0 Å². The van der Waals surface area contributed by atoms with Crippen LogP contribution in [0, 0.1) is 0 Å². The Morgan fingerprint density at radius 1 is 1.38 bits per heavy atom. The first-order valence-electron chi connectivity index (χ1n) is 4.81. The standard InChI is InChI=1S/C10H10N4OS/c1-2-9-13-5-7(16-9)10(15)14-8-6-11-3-4-12-8/h3-6H,2H2,1H3,(H,12,14,15). The van der Waals surface area contributed by atoms with Crippen LogP contribution in [0.1, 0.15) is 21.6 Å². The highest BCUT2D eigenvalue weighted by Gasteiger charge is 2.10. The molecule has 0 aliphatic rings. The minimum absolute atomic E-state index is 0.197. The van der Waals surface area contributed by atoms with E-state index < -0.39 is 0 Å². The Bertz CT molecular complexity index is 483. The van der Waals surface area contributed by atoms with E-state index in [0.717, 1.165) is 11.4 Å². The van der Waals surface area contributed by atoms with Crippen molar-refractivity contribution in [1.82, 2.24) is 15.0 Å². The van der Waals surface area contributed by atoms with Gasteiger partial charge in [-0.3, -0.25) is 9.78 Å². The first kappa shape index (κ1) is 10.7. The van der Waals surface area contributed by atoms with Gasteiger partial charge in [0.1, 0.15) is 4.88 Å². The number of aryl methyl sites for hydroxylation is 1. The molecule has 2 heterocycles. The van der Waals surface area contributed by atoms with Crippen LogP contribution in [0.2, 0.25) is 0 Å². The summed E-state index contributed by atoms with van der Waals surface area (Å²) in [5.41, 5.74) is 0. The van der Waals surface area contributed by atoms with Crippen LogP contribution >= 0.6 is 11.3 Å². The van der Waals surface area contributed by atoms with Gasteiger partial charge in [-0.2, -0.15) is 0 Å². The molecule has 6 heteroatoms. The maximum absolute atomic E-state index is 11.7. The second-order valence-electron chi connectivity index (χ2n) is 3.02. The van der Waals surface area contributed by atoms with Crippen LogP contribution in [0.3, 0.4) is 0 Å². The molecule has 1 amide bonds. The number of rotatable bonds is 3. The summed E-state index contributed by atoms with van der Waals surface area (Å²) in [6.45, 7) is 2.00. The van der Waals surface area contributed by atoms with E-state index in [1.54, 1.807) is 12.4 Å². The highest BCUT2D eigenvalue weighted by atomic mass is 32.1. The van der Waals surface area contributed by atoms with Crippen molar-refractivity contribution in [2.45, 2.75) is 13.3 Å². The van der Waals surface area contributed by atoms with Gasteiger partial charge < -0.3 is 5.32 Å². The van der Waals surface area contributed by atoms with Gasteiger partial charge in [-0.15, -0.1) is 11.3 Å². The van der Waals surface area contributed by atoms with E-state index >= 15 is 0 Å². The van der Waals surface area contributed by atoms with Crippen molar-refractivity contribution in [1.29, 1.82) is 0 Å². The molecule has 0 bridgehead atoms. The molecule has 0 unspecified atom stereocenters. The number of aromatic nitrogens is 3. The minimum Gasteiger partial charge on any atom is -0.305 e. The first-order chi connectivity index (χ1) is 7.79. The fourth-order valence-corrected chi connectivity index (χ4v) is 1.87. The molecule has 0 saturated heterocycles. The smallest absolute Gasteiger partial charge is 0.268 e. The predicted octanol–water partition coefficient (Wildman–Crippen LogP) is 1.75. The Kier molecular flexibility index (Phi) is 3.21. The third-order valence-corrected chi connectivity index (χ3v) is 3.03. The van der Waals surface area contributed by atoms with Gasteiger partial charge in [0.15, 0.2) is 5.82 Å². The largest absolute Gasteiger partial charge is 0.305 e. The maximum atomic E-state index is 11.7. The normalized spacial score (nSPS) is 10.1. The highest BCUT2D eigenvalue weighted by Crippen LogP contribution is 2.14. The maximum Gasteiger partial charge on any atom is 0.268 e. The van der Waals surface area contributed by atoms with Crippen molar-refractivity contribution in [2.24, 2.45) is 0 Å². The molecule has 0 aliphatic heterocycles. The average molecular weight is 234 g/mol. The zero-order valence-electron chi connectivity index (χ0n) is 8.67. The summed E-state index contributed by atoms with van der Waals surface area (Å²) in [5.74, 6) is 0.247.